The number of benzene rings is 3. The van der Waals surface area contributed by atoms with Gasteiger partial charge in [-0.3, -0.25) is 0 Å². The largest absolute Gasteiger partial charge is 0.465 e. The lowest BCUT2D eigenvalue weighted by Gasteiger charge is -2.06. The summed E-state index contributed by atoms with van der Waals surface area (Å²) in [4.78, 5) is 11.5. The molecule has 0 fully saturated rings. The molecule has 3 rings (SSSR count). The molecule has 148 valence electrons. The number of methoxy groups -OCH3 is 1. The molecule has 0 bridgehead atoms. The Hall–Kier alpha value is -4.39. The van der Waals surface area contributed by atoms with Gasteiger partial charge < -0.3 is 9.47 Å². The van der Waals surface area contributed by atoms with Crippen LogP contribution < -0.4 is 4.74 Å². The Morgan fingerprint density at radius 1 is 0.759 bits per heavy atom. The summed E-state index contributed by atoms with van der Waals surface area (Å²) < 4.78 is 10.0. The van der Waals surface area contributed by atoms with Gasteiger partial charge >= 0.3 is 5.97 Å². The van der Waals surface area contributed by atoms with Crippen molar-refractivity contribution in [2.45, 2.75) is 0 Å². The molecule has 0 unspecified atom stereocenters. The number of carbonyl (C=O) groups is 1. The van der Waals surface area contributed by atoms with E-state index in [4.69, 9.17) is 15.9 Å². The van der Waals surface area contributed by atoms with Gasteiger partial charge in [-0.25, -0.2) is 4.79 Å². The molecule has 0 aliphatic rings. The minimum atomic E-state index is -0.342. The summed E-state index contributed by atoms with van der Waals surface area (Å²) in [6, 6.07) is 23.1. The first kappa shape index (κ1) is 19.4. The molecule has 0 heterocycles. The van der Waals surface area contributed by atoms with Crippen molar-refractivity contribution in [3.63, 3.8) is 0 Å². The minimum absolute atomic E-state index is 0. The van der Waals surface area contributed by atoms with Crippen LogP contribution in [-0.4, -0.2) is 13.1 Å². The number of carbonyl (C=O) groups excluding carboxylic acids is 1. The van der Waals surface area contributed by atoms with Crippen LogP contribution in [0.3, 0.4) is 0 Å². The van der Waals surface area contributed by atoms with E-state index in [0.29, 0.717) is 11.3 Å². The fraction of sp³-hybridized carbons (Fsp3) is 0.0385. The van der Waals surface area contributed by atoms with E-state index in [-0.39, 0.29) is 13.1 Å². The molecule has 3 heteroatoms. The fourth-order valence-corrected chi connectivity index (χ4v) is 2.66. The molecule has 3 aromatic carbocycles. The molecule has 0 atom stereocenters. The van der Waals surface area contributed by atoms with Crippen LogP contribution >= 0.6 is 0 Å². The van der Waals surface area contributed by atoms with E-state index in [2.05, 4.69) is 41.9 Å². The Morgan fingerprint density at radius 3 is 1.72 bits per heavy atom. The molecule has 0 radical (unpaired) electrons. The number of hydrogen-bond donors (Lipinski definition) is 0. The van der Waals surface area contributed by atoms with E-state index in [9.17, 15) is 4.79 Å². The molecule has 29 heavy (non-hydrogen) atoms. The van der Waals surface area contributed by atoms with Crippen LogP contribution in [0.5, 0.6) is 5.75 Å². The third-order valence-corrected chi connectivity index (χ3v) is 4.13. The zero-order chi connectivity index (χ0) is 20.5. The first-order valence-electron chi connectivity index (χ1n) is 8.73. The predicted octanol–water partition coefficient (Wildman–Crippen LogP) is 6.01. The normalized spacial score (nSPS) is 9.10. The second-order valence-corrected chi connectivity index (χ2v) is 5.89. The van der Waals surface area contributed by atoms with Crippen molar-refractivity contribution in [2.24, 2.45) is 0 Å². The maximum atomic E-state index is 11.5. The van der Waals surface area contributed by atoms with Crippen molar-refractivity contribution in [3.05, 3.63) is 78.4 Å². The SMILES string of the molecule is C#CC#CC#COc1ccc(-c2ccc(-c3ccc(C(=O)OC)cc3)cc2)cc1.[HH].[HH].[HH].[HH].[HH]. The molecule has 0 amide bonds. The lowest BCUT2D eigenvalue weighted by Crippen LogP contribution is -2.00. The molecule has 3 nitrogen and oxygen atoms in total. The average Bonchev–Trinajstić information content (AvgIpc) is 2.79. The van der Waals surface area contributed by atoms with Gasteiger partial charge in [0.15, 0.2) is 0 Å². The summed E-state index contributed by atoms with van der Waals surface area (Å²) in [6.45, 7) is 0. The molecule has 0 aliphatic carbocycles. The highest BCUT2D eigenvalue weighted by atomic mass is 16.5. The monoisotopic (exact) mass is 386 g/mol. The number of rotatable bonds is 4. The highest BCUT2D eigenvalue weighted by Gasteiger charge is 2.06. The molecule has 0 spiro atoms. The third kappa shape index (κ3) is 5.08. The van der Waals surface area contributed by atoms with E-state index in [1.165, 1.54) is 7.11 Å². The standard InChI is InChI=1S/C26H16O3.5H2/c1-3-4-5-6-19-29-25-17-15-23(16-18-25)21-9-7-20(8-10-21)22-11-13-24(14-12-22)26(27)28-2;;;;;/h1,7-18H,2H3;5*1H. The summed E-state index contributed by atoms with van der Waals surface area (Å²) >= 11 is 0. The summed E-state index contributed by atoms with van der Waals surface area (Å²) in [5.41, 5.74) is 4.76. The Kier molecular flexibility index (Phi) is 6.36. The number of ether oxygens (including phenoxy) is 2. The predicted molar refractivity (Wildman–Crippen MR) is 124 cm³/mol. The van der Waals surface area contributed by atoms with Gasteiger partial charge in [-0.15, -0.1) is 6.42 Å². The maximum Gasteiger partial charge on any atom is 0.337 e. The van der Waals surface area contributed by atoms with Gasteiger partial charge in [-0.1, -0.05) is 48.5 Å². The second kappa shape index (κ2) is 9.52. The van der Waals surface area contributed by atoms with E-state index in [1.54, 1.807) is 12.1 Å². The maximum absolute atomic E-state index is 11.5. The molecule has 0 aliphatic heterocycles. The third-order valence-electron chi connectivity index (χ3n) is 4.13. The van der Waals surface area contributed by atoms with E-state index >= 15 is 0 Å². The number of terminal acetylenes is 1. The molecule has 0 aromatic heterocycles. The second-order valence-electron chi connectivity index (χ2n) is 5.89. The van der Waals surface area contributed by atoms with Crippen LogP contribution in [0.2, 0.25) is 0 Å². The number of hydrogen-bond acceptors (Lipinski definition) is 3. The van der Waals surface area contributed by atoms with Gasteiger partial charge in [0.25, 0.3) is 0 Å². The van der Waals surface area contributed by atoms with Crippen LogP contribution in [0.15, 0.2) is 72.8 Å². The topological polar surface area (TPSA) is 35.5 Å². The first-order chi connectivity index (χ1) is 14.2. The molecular weight excluding hydrogens is 360 g/mol. The quantitative estimate of drug-likeness (QED) is 0.407. The van der Waals surface area contributed by atoms with Gasteiger partial charge in [0.1, 0.15) is 11.9 Å². The van der Waals surface area contributed by atoms with Crippen molar-refractivity contribution in [1.29, 1.82) is 0 Å². The van der Waals surface area contributed by atoms with Gasteiger partial charge in [-0.05, 0) is 58.4 Å². The van der Waals surface area contributed by atoms with Gasteiger partial charge in [0, 0.05) is 19.0 Å². The average molecular weight is 386 g/mol. The Balaban J connectivity index is -0.00000192. The van der Waals surface area contributed by atoms with E-state index in [0.717, 1.165) is 22.3 Å². The van der Waals surface area contributed by atoms with Crippen molar-refractivity contribution in [1.82, 2.24) is 0 Å². The minimum Gasteiger partial charge on any atom is -0.465 e. The van der Waals surface area contributed by atoms with Gasteiger partial charge in [0.05, 0.1) is 12.7 Å². The molecule has 0 saturated carbocycles. The Morgan fingerprint density at radius 2 is 1.24 bits per heavy atom. The lowest BCUT2D eigenvalue weighted by molar-refractivity contribution is 0.0601. The highest BCUT2D eigenvalue weighted by Crippen LogP contribution is 2.26. The summed E-state index contributed by atoms with van der Waals surface area (Å²) in [5.74, 6) is 9.85. The van der Waals surface area contributed by atoms with Crippen molar-refractivity contribution in [2.75, 3.05) is 7.11 Å². The molecule has 3 aromatic rings. The van der Waals surface area contributed by atoms with Crippen LogP contribution in [-0.2, 0) is 4.74 Å². The summed E-state index contributed by atoms with van der Waals surface area (Å²) in [6.07, 6.45) is 7.50. The Bertz CT molecular complexity index is 1180. The molecule has 0 saturated heterocycles. The zero-order valence-corrected chi connectivity index (χ0v) is 15.7. The summed E-state index contributed by atoms with van der Waals surface area (Å²) in [5, 5.41) is 0. The van der Waals surface area contributed by atoms with Gasteiger partial charge in [-0.2, -0.15) is 0 Å². The van der Waals surface area contributed by atoms with Crippen molar-refractivity contribution < 1.29 is 21.4 Å². The zero-order valence-electron chi connectivity index (χ0n) is 15.7. The van der Waals surface area contributed by atoms with Gasteiger partial charge in [0.2, 0.25) is 0 Å². The smallest absolute Gasteiger partial charge is 0.337 e. The Labute approximate surface area is 177 Å². The van der Waals surface area contributed by atoms with Crippen LogP contribution in [0.1, 0.15) is 17.5 Å². The van der Waals surface area contributed by atoms with Crippen LogP contribution in [0.4, 0.5) is 0 Å². The molecule has 0 N–H and O–H groups in total. The first-order valence-corrected chi connectivity index (χ1v) is 8.73. The summed E-state index contributed by atoms with van der Waals surface area (Å²) in [7, 11) is 1.37. The lowest BCUT2D eigenvalue weighted by atomic mass is 9.99. The van der Waals surface area contributed by atoms with E-state index in [1.807, 2.05) is 48.5 Å². The van der Waals surface area contributed by atoms with Crippen LogP contribution in [0.25, 0.3) is 22.3 Å². The van der Waals surface area contributed by atoms with Crippen molar-refractivity contribution >= 4 is 5.97 Å². The van der Waals surface area contributed by atoms with Crippen molar-refractivity contribution in [3.8, 4) is 64.2 Å². The molecular formula is C26H26O3. The fourth-order valence-electron chi connectivity index (χ4n) is 2.66. The highest BCUT2D eigenvalue weighted by molar-refractivity contribution is 5.90. The van der Waals surface area contributed by atoms with E-state index < -0.39 is 0 Å². The van der Waals surface area contributed by atoms with Crippen LogP contribution in [0, 0.1) is 36.2 Å². The number of esters is 1.